The second kappa shape index (κ2) is 6.76. The molecule has 0 atom stereocenters. The number of fused-ring (bicyclic) bond motifs is 1. The summed E-state index contributed by atoms with van der Waals surface area (Å²) in [6, 6.07) is 11.5. The van der Waals surface area contributed by atoms with Crippen LogP contribution in [0, 0.1) is 6.92 Å². The van der Waals surface area contributed by atoms with Crippen molar-refractivity contribution < 1.29 is 9.21 Å². The van der Waals surface area contributed by atoms with E-state index in [0.717, 1.165) is 27.9 Å². The van der Waals surface area contributed by atoms with Crippen molar-refractivity contribution in [2.75, 3.05) is 0 Å². The van der Waals surface area contributed by atoms with Gasteiger partial charge in [-0.25, -0.2) is 9.97 Å². The Kier molecular flexibility index (Phi) is 4.15. The van der Waals surface area contributed by atoms with Gasteiger partial charge in [-0.2, -0.15) is 0 Å². The fraction of sp³-hybridized carbons (Fsp3) is 0.100. The number of benzene rings is 1. The second-order valence-electron chi connectivity index (χ2n) is 5.87. The molecule has 0 aliphatic heterocycles. The first kappa shape index (κ1) is 16.0. The summed E-state index contributed by atoms with van der Waals surface area (Å²) in [5, 5.41) is 3.91. The van der Waals surface area contributed by atoms with Crippen molar-refractivity contribution in [3.8, 4) is 11.4 Å². The average molecular weight is 344 g/mol. The van der Waals surface area contributed by atoms with Crippen LogP contribution in [0.1, 0.15) is 21.7 Å². The smallest absolute Gasteiger partial charge is 0.254 e. The highest BCUT2D eigenvalue weighted by atomic mass is 16.3. The van der Waals surface area contributed by atoms with Crippen LogP contribution in [0.4, 0.5) is 0 Å². The Labute approximate surface area is 149 Å². The maximum absolute atomic E-state index is 12.3. The third-order valence-electron chi connectivity index (χ3n) is 4.19. The molecule has 0 aliphatic rings. The molecule has 1 amide bonds. The molecule has 0 radical (unpaired) electrons. The fourth-order valence-corrected chi connectivity index (χ4v) is 2.75. The van der Waals surface area contributed by atoms with E-state index in [4.69, 9.17) is 4.42 Å². The van der Waals surface area contributed by atoms with Crippen molar-refractivity contribution in [1.29, 1.82) is 0 Å². The molecule has 4 aromatic rings. The zero-order valence-electron chi connectivity index (χ0n) is 14.1. The number of pyridine rings is 1. The van der Waals surface area contributed by atoms with E-state index in [2.05, 4.69) is 20.3 Å². The van der Waals surface area contributed by atoms with Gasteiger partial charge in [0.25, 0.3) is 5.91 Å². The molecule has 3 aromatic heterocycles. The summed E-state index contributed by atoms with van der Waals surface area (Å²) in [7, 11) is 0. The minimum atomic E-state index is -0.248. The van der Waals surface area contributed by atoms with Gasteiger partial charge < -0.3 is 9.73 Å². The van der Waals surface area contributed by atoms with Gasteiger partial charge in [0.15, 0.2) is 5.82 Å². The van der Waals surface area contributed by atoms with Gasteiger partial charge in [0.1, 0.15) is 11.3 Å². The van der Waals surface area contributed by atoms with E-state index >= 15 is 0 Å². The predicted molar refractivity (Wildman–Crippen MR) is 97.4 cm³/mol. The molecule has 0 unspecified atom stereocenters. The van der Waals surface area contributed by atoms with Gasteiger partial charge >= 0.3 is 0 Å². The number of aryl methyl sites for hydroxylation is 1. The molecular weight excluding hydrogens is 328 g/mol. The standard InChI is InChI=1S/C20H16N4O2/c1-13-16-6-2-3-7-17(16)26-18(13)12-24-20(25)15-10-22-19(23-11-15)14-5-4-8-21-9-14/h2-11H,12H2,1H3,(H,24,25). The Bertz CT molecular complexity index is 1060. The molecule has 0 bridgehead atoms. The first-order chi connectivity index (χ1) is 12.7. The largest absolute Gasteiger partial charge is 0.459 e. The van der Waals surface area contributed by atoms with E-state index in [0.29, 0.717) is 17.9 Å². The van der Waals surface area contributed by atoms with Crippen molar-refractivity contribution in [3.63, 3.8) is 0 Å². The van der Waals surface area contributed by atoms with E-state index in [1.807, 2.05) is 43.3 Å². The molecule has 1 aromatic carbocycles. The summed E-state index contributed by atoms with van der Waals surface area (Å²) in [5.41, 5.74) is 3.05. The third-order valence-corrected chi connectivity index (χ3v) is 4.19. The van der Waals surface area contributed by atoms with Crippen LogP contribution < -0.4 is 5.32 Å². The highest BCUT2D eigenvalue weighted by Gasteiger charge is 2.13. The molecule has 1 N–H and O–H groups in total. The van der Waals surface area contributed by atoms with E-state index in [9.17, 15) is 4.79 Å². The van der Waals surface area contributed by atoms with Gasteiger partial charge in [0.05, 0.1) is 12.1 Å². The second-order valence-corrected chi connectivity index (χ2v) is 5.87. The maximum Gasteiger partial charge on any atom is 0.254 e. The van der Waals surface area contributed by atoms with Gasteiger partial charge in [-0.1, -0.05) is 18.2 Å². The number of aromatic nitrogens is 3. The molecular formula is C20H16N4O2. The summed E-state index contributed by atoms with van der Waals surface area (Å²) in [5.74, 6) is 1.03. The lowest BCUT2D eigenvalue weighted by Crippen LogP contribution is -2.23. The van der Waals surface area contributed by atoms with Crippen LogP contribution in [0.5, 0.6) is 0 Å². The van der Waals surface area contributed by atoms with E-state index < -0.39 is 0 Å². The highest BCUT2D eigenvalue weighted by molar-refractivity contribution is 5.93. The summed E-state index contributed by atoms with van der Waals surface area (Å²) >= 11 is 0. The van der Waals surface area contributed by atoms with Crippen LogP contribution in [-0.2, 0) is 6.54 Å². The van der Waals surface area contributed by atoms with E-state index in [1.165, 1.54) is 12.4 Å². The number of hydrogen-bond acceptors (Lipinski definition) is 5. The topological polar surface area (TPSA) is 80.9 Å². The molecule has 0 fully saturated rings. The summed E-state index contributed by atoms with van der Waals surface area (Å²) in [6.45, 7) is 2.29. The number of nitrogens with zero attached hydrogens (tertiary/aromatic N) is 3. The number of furan rings is 1. The predicted octanol–water partition coefficient (Wildman–Crippen LogP) is 3.52. The Morgan fingerprint density at radius 2 is 1.88 bits per heavy atom. The van der Waals surface area contributed by atoms with Crippen LogP contribution >= 0.6 is 0 Å². The molecule has 0 spiro atoms. The fourth-order valence-electron chi connectivity index (χ4n) is 2.75. The molecule has 0 aliphatic carbocycles. The average Bonchev–Trinajstić information content (AvgIpc) is 3.03. The Morgan fingerprint density at radius 3 is 2.62 bits per heavy atom. The Hall–Kier alpha value is -3.54. The monoisotopic (exact) mass is 344 g/mol. The van der Waals surface area contributed by atoms with Gasteiger partial charge in [0, 0.05) is 41.3 Å². The van der Waals surface area contributed by atoms with Crippen molar-refractivity contribution >= 4 is 16.9 Å². The van der Waals surface area contributed by atoms with Gasteiger partial charge in [-0.05, 0) is 25.1 Å². The quantitative estimate of drug-likeness (QED) is 0.612. The lowest BCUT2D eigenvalue weighted by molar-refractivity contribution is 0.0947. The summed E-state index contributed by atoms with van der Waals surface area (Å²) in [6.07, 6.45) is 6.39. The maximum atomic E-state index is 12.3. The first-order valence-corrected chi connectivity index (χ1v) is 8.20. The normalized spacial score (nSPS) is 10.8. The van der Waals surface area contributed by atoms with Crippen molar-refractivity contribution in [2.45, 2.75) is 13.5 Å². The minimum absolute atomic E-state index is 0.248. The third kappa shape index (κ3) is 3.04. The van der Waals surface area contributed by atoms with Crippen molar-refractivity contribution in [3.05, 3.63) is 78.1 Å². The molecule has 26 heavy (non-hydrogen) atoms. The van der Waals surface area contributed by atoms with Crippen molar-refractivity contribution in [2.24, 2.45) is 0 Å². The first-order valence-electron chi connectivity index (χ1n) is 8.20. The van der Waals surface area contributed by atoms with Crippen molar-refractivity contribution in [1.82, 2.24) is 20.3 Å². The minimum Gasteiger partial charge on any atom is -0.459 e. The number of rotatable bonds is 4. The SMILES string of the molecule is Cc1c(CNC(=O)c2cnc(-c3cccnc3)nc2)oc2ccccc12. The number of para-hydroxylation sites is 1. The van der Waals surface area contributed by atoms with Gasteiger partial charge in [-0.3, -0.25) is 9.78 Å². The van der Waals surface area contributed by atoms with E-state index in [-0.39, 0.29) is 5.91 Å². The van der Waals surface area contributed by atoms with Crippen LogP contribution in [0.2, 0.25) is 0 Å². The highest BCUT2D eigenvalue weighted by Crippen LogP contribution is 2.24. The van der Waals surface area contributed by atoms with Crippen LogP contribution in [-0.4, -0.2) is 20.9 Å². The van der Waals surface area contributed by atoms with Crippen LogP contribution in [0.3, 0.4) is 0 Å². The molecule has 0 saturated carbocycles. The zero-order chi connectivity index (χ0) is 17.9. The number of carbonyl (C=O) groups excluding carboxylic acids is 1. The van der Waals surface area contributed by atoms with Crippen LogP contribution in [0.25, 0.3) is 22.4 Å². The lowest BCUT2D eigenvalue weighted by Gasteiger charge is -2.05. The zero-order valence-corrected chi connectivity index (χ0v) is 14.1. The molecule has 6 nitrogen and oxygen atoms in total. The van der Waals surface area contributed by atoms with Gasteiger partial charge in [-0.15, -0.1) is 0 Å². The number of amides is 1. The number of nitrogens with one attached hydrogen (secondary N) is 1. The van der Waals surface area contributed by atoms with E-state index in [1.54, 1.807) is 12.4 Å². The number of hydrogen-bond donors (Lipinski definition) is 1. The molecule has 6 heteroatoms. The molecule has 128 valence electrons. The summed E-state index contributed by atoms with van der Waals surface area (Å²) < 4.78 is 5.81. The molecule has 0 saturated heterocycles. The Morgan fingerprint density at radius 1 is 1.08 bits per heavy atom. The Balaban J connectivity index is 1.47. The summed E-state index contributed by atoms with van der Waals surface area (Å²) in [4.78, 5) is 24.9. The molecule has 3 heterocycles. The van der Waals surface area contributed by atoms with Crippen LogP contribution in [0.15, 0.2) is 65.6 Å². The number of carbonyl (C=O) groups is 1. The lowest BCUT2D eigenvalue weighted by atomic mass is 10.1. The van der Waals surface area contributed by atoms with Gasteiger partial charge in [0.2, 0.25) is 0 Å². The molecule has 4 rings (SSSR count).